The normalized spacial score (nSPS) is 14.7. The smallest absolute Gasteiger partial charge is 0.109 e. The van der Waals surface area contributed by atoms with Gasteiger partial charge in [0, 0.05) is 13.5 Å². The molecule has 0 fully saturated rings. The van der Waals surface area contributed by atoms with Crippen molar-refractivity contribution < 1.29 is 0 Å². The third-order valence-corrected chi connectivity index (χ3v) is 4.07. The van der Waals surface area contributed by atoms with Crippen molar-refractivity contribution in [1.29, 1.82) is 0 Å². The van der Waals surface area contributed by atoms with E-state index in [1.807, 2.05) is 0 Å². The first-order chi connectivity index (χ1) is 9.13. The Balaban J connectivity index is 2.10. The summed E-state index contributed by atoms with van der Waals surface area (Å²) < 4.78 is 2.23. The van der Waals surface area contributed by atoms with Gasteiger partial charge in [0.2, 0.25) is 0 Å². The van der Waals surface area contributed by atoms with Gasteiger partial charge < -0.3 is 9.88 Å². The average Bonchev–Trinajstić information content (AvgIpc) is 2.73. The molecule has 2 atom stereocenters. The average molecular weight is 259 g/mol. The van der Waals surface area contributed by atoms with Crippen LogP contribution in [0.25, 0.3) is 11.0 Å². The molecule has 1 aromatic heterocycles. The molecule has 0 aliphatic rings. The zero-order chi connectivity index (χ0) is 13.8. The number of benzene rings is 1. The maximum Gasteiger partial charge on any atom is 0.109 e. The number of hydrogen-bond acceptors (Lipinski definition) is 2. The lowest BCUT2D eigenvalue weighted by molar-refractivity contribution is 0.361. The first-order valence-electron chi connectivity index (χ1n) is 7.24. The summed E-state index contributed by atoms with van der Waals surface area (Å²) in [6, 6.07) is 8.35. The first kappa shape index (κ1) is 14.1. The Labute approximate surface area is 116 Å². The molecule has 0 saturated heterocycles. The van der Waals surface area contributed by atoms with Crippen LogP contribution in [0.15, 0.2) is 24.3 Å². The van der Waals surface area contributed by atoms with Gasteiger partial charge in [-0.1, -0.05) is 32.9 Å². The zero-order valence-corrected chi connectivity index (χ0v) is 12.5. The van der Waals surface area contributed by atoms with Gasteiger partial charge in [-0.05, 0) is 37.1 Å². The van der Waals surface area contributed by atoms with E-state index in [1.54, 1.807) is 0 Å². The Morgan fingerprint density at radius 1 is 1.21 bits per heavy atom. The van der Waals surface area contributed by atoms with Crippen molar-refractivity contribution in [2.24, 2.45) is 18.9 Å². The summed E-state index contributed by atoms with van der Waals surface area (Å²) >= 11 is 0. The molecule has 19 heavy (non-hydrogen) atoms. The van der Waals surface area contributed by atoms with Crippen LogP contribution in [0.1, 0.15) is 26.6 Å². The number of hydrogen-bond donors (Lipinski definition) is 1. The molecular weight excluding hydrogens is 234 g/mol. The second kappa shape index (κ2) is 6.20. The van der Waals surface area contributed by atoms with Gasteiger partial charge in [-0.3, -0.25) is 0 Å². The Morgan fingerprint density at radius 2 is 1.95 bits per heavy atom. The van der Waals surface area contributed by atoms with Crippen molar-refractivity contribution >= 4 is 11.0 Å². The van der Waals surface area contributed by atoms with Gasteiger partial charge >= 0.3 is 0 Å². The Hall–Kier alpha value is -1.35. The molecule has 1 N–H and O–H groups in total. The number of para-hydroxylation sites is 2. The predicted molar refractivity (Wildman–Crippen MR) is 81.3 cm³/mol. The molecule has 1 aromatic carbocycles. The highest BCUT2D eigenvalue weighted by Crippen LogP contribution is 2.20. The fourth-order valence-electron chi connectivity index (χ4n) is 2.44. The second-order valence-corrected chi connectivity index (χ2v) is 5.54. The van der Waals surface area contributed by atoms with E-state index in [1.165, 1.54) is 11.3 Å². The highest BCUT2D eigenvalue weighted by Gasteiger charge is 2.16. The summed E-state index contributed by atoms with van der Waals surface area (Å²) in [5, 5.41) is 3.43. The van der Waals surface area contributed by atoms with Crippen LogP contribution in [0.3, 0.4) is 0 Å². The lowest BCUT2D eigenvalue weighted by atomic mass is 9.92. The summed E-state index contributed by atoms with van der Waals surface area (Å²) in [6.07, 6.45) is 1.04. The minimum atomic E-state index is 0.634. The van der Waals surface area contributed by atoms with Crippen LogP contribution in [0, 0.1) is 11.8 Å². The molecule has 2 aromatic rings. The fourth-order valence-corrected chi connectivity index (χ4v) is 2.44. The minimum Gasteiger partial charge on any atom is -0.331 e. The van der Waals surface area contributed by atoms with Gasteiger partial charge in [0.1, 0.15) is 5.82 Å². The molecular formula is C16H25N3. The van der Waals surface area contributed by atoms with Gasteiger partial charge in [0.25, 0.3) is 0 Å². The number of aryl methyl sites for hydroxylation is 1. The topological polar surface area (TPSA) is 29.9 Å². The number of aromatic nitrogens is 2. The standard InChI is InChI=1S/C16H25N3/c1-5-17-11-13(3)12(2)10-16-18-14-8-6-7-9-15(14)19(16)4/h6-9,12-13,17H,5,10-11H2,1-4H3. The van der Waals surface area contributed by atoms with E-state index >= 15 is 0 Å². The maximum atomic E-state index is 4.76. The highest BCUT2D eigenvalue weighted by atomic mass is 15.1. The Kier molecular flexibility index (Phi) is 4.59. The largest absolute Gasteiger partial charge is 0.331 e. The van der Waals surface area contributed by atoms with Gasteiger partial charge in [0.05, 0.1) is 11.0 Å². The predicted octanol–water partition coefficient (Wildman–Crippen LogP) is 3.00. The number of nitrogens with zero attached hydrogens (tertiary/aromatic N) is 2. The van der Waals surface area contributed by atoms with Crippen LogP contribution < -0.4 is 5.32 Å². The van der Waals surface area contributed by atoms with E-state index in [2.05, 4.69) is 62.0 Å². The van der Waals surface area contributed by atoms with Crippen molar-refractivity contribution in [2.75, 3.05) is 13.1 Å². The molecule has 0 saturated carbocycles. The highest BCUT2D eigenvalue weighted by molar-refractivity contribution is 5.75. The molecule has 0 spiro atoms. The third kappa shape index (κ3) is 3.16. The molecule has 0 bridgehead atoms. The van der Waals surface area contributed by atoms with Crippen LogP contribution in [0.2, 0.25) is 0 Å². The summed E-state index contributed by atoms with van der Waals surface area (Å²) in [5.41, 5.74) is 2.33. The molecule has 104 valence electrons. The van der Waals surface area contributed by atoms with E-state index in [-0.39, 0.29) is 0 Å². The van der Waals surface area contributed by atoms with Crippen LogP contribution >= 0.6 is 0 Å². The molecule has 0 aliphatic carbocycles. The third-order valence-electron chi connectivity index (χ3n) is 4.07. The Morgan fingerprint density at radius 3 is 2.63 bits per heavy atom. The van der Waals surface area contributed by atoms with Crippen LogP contribution in [-0.4, -0.2) is 22.6 Å². The summed E-state index contributed by atoms with van der Waals surface area (Å²) in [7, 11) is 2.12. The van der Waals surface area contributed by atoms with Crippen LogP contribution in [0.4, 0.5) is 0 Å². The molecule has 0 radical (unpaired) electrons. The van der Waals surface area contributed by atoms with Crippen LogP contribution in [0.5, 0.6) is 0 Å². The summed E-state index contributed by atoms with van der Waals surface area (Å²) in [4.78, 5) is 4.76. The minimum absolute atomic E-state index is 0.634. The van der Waals surface area contributed by atoms with Crippen molar-refractivity contribution in [3.05, 3.63) is 30.1 Å². The van der Waals surface area contributed by atoms with E-state index in [4.69, 9.17) is 4.98 Å². The van der Waals surface area contributed by atoms with Crippen molar-refractivity contribution in [1.82, 2.24) is 14.9 Å². The molecule has 2 unspecified atom stereocenters. The first-order valence-corrected chi connectivity index (χ1v) is 7.24. The van der Waals surface area contributed by atoms with Crippen molar-refractivity contribution in [3.8, 4) is 0 Å². The van der Waals surface area contributed by atoms with Gasteiger partial charge in [-0.2, -0.15) is 0 Å². The van der Waals surface area contributed by atoms with E-state index in [0.717, 1.165) is 25.0 Å². The molecule has 2 rings (SSSR count). The van der Waals surface area contributed by atoms with Crippen molar-refractivity contribution in [3.63, 3.8) is 0 Å². The van der Waals surface area contributed by atoms with E-state index < -0.39 is 0 Å². The molecule has 3 heteroatoms. The SMILES string of the molecule is CCNCC(C)C(C)Cc1nc2ccccc2n1C. The number of nitrogens with one attached hydrogen (secondary N) is 1. The van der Waals surface area contributed by atoms with Gasteiger partial charge in [0.15, 0.2) is 0 Å². The zero-order valence-electron chi connectivity index (χ0n) is 12.5. The fraction of sp³-hybridized carbons (Fsp3) is 0.562. The molecule has 0 aliphatic heterocycles. The van der Waals surface area contributed by atoms with Crippen molar-refractivity contribution in [2.45, 2.75) is 27.2 Å². The summed E-state index contributed by atoms with van der Waals surface area (Å²) in [6.45, 7) is 8.92. The Bertz CT molecular complexity index is 530. The lowest BCUT2D eigenvalue weighted by Crippen LogP contribution is -2.26. The number of fused-ring (bicyclic) bond motifs is 1. The van der Waals surface area contributed by atoms with Gasteiger partial charge in [-0.25, -0.2) is 4.98 Å². The van der Waals surface area contributed by atoms with Crippen LogP contribution in [-0.2, 0) is 13.5 Å². The van der Waals surface area contributed by atoms with Gasteiger partial charge in [-0.15, -0.1) is 0 Å². The second-order valence-electron chi connectivity index (χ2n) is 5.54. The molecule has 3 nitrogen and oxygen atoms in total. The quantitative estimate of drug-likeness (QED) is 0.864. The molecule has 1 heterocycles. The number of imidazole rings is 1. The summed E-state index contributed by atoms with van der Waals surface area (Å²) in [5.74, 6) is 2.49. The molecule has 0 amide bonds. The lowest BCUT2D eigenvalue weighted by Gasteiger charge is -2.19. The number of rotatable bonds is 6. The van der Waals surface area contributed by atoms with E-state index in [9.17, 15) is 0 Å². The maximum absolute atomic E-state index is 4.76. The monoisotopic (exact) mass is 259 g/mol. The van der Waals surface area contributed by atoms with E-state index in [0.29, 0.717) is 11.8 Å².